The van der Waals surface area contributed by atoms with Gasteiger partial charge in [0, 0.05) is 35.7 Å². The van der Waals surface area contributed by atoms with Gasteiger partial charge in [0.1, 0.15) is 11.5 Å². The molecule has 0 fully saturated rings. The SMILES string of the molecule is COc1ccc([C@H]2CC(=O)C3=C(C2)NC(C)=C(C(=O)OCCc2ccccc2)[C@@H]3c2ccc(OC)cc2)cc1. The first-order valence-corrected chi connectivity index (χ1v) is 13.2. The molecular weight excluding hydrogens is 490 g/mol. The number of allylic oxidation sites excluding steroid dienone is 3. The molecule has 200 valence electrons. The number of dihydropyridines is 1. The van der Waals surface area contributed by atoms with Crippen molar-refractivity contribution in [2.75, 3.05) is 20.8 Å². The number of benzene rings is 3. The van der Waals surface area contributed by atoms with Crippen molar-refractivity contribution in [3.05, 3.63) is 118 Å². The van der Waals surface area contributed by atoms with E-state index in [1.807, 2.05) is 85.8 Å². The fourth-order valence-electron chi connectivity index (χ4n) is 5.54. The molecule has 6 nitrogen and oxygen atoms in total. The zero-order chi connectivity index (χ0) is 27.4. The summed E-state index contributed by atoms with van der Waals surface area (Å²) in [5, 5.41) is 3.42. The molecule has 3 aromatic rings. The van der Waals surface area contributed by atoms with Gasteiger partial charge in [-0.3, -0.25) is 4.79 Å². The third-order valence-electron chi connectivity index (χ3n) is 7.55. The first kappa shape index (κ1) is 26.3. The summed E-state index contributed by atoms with van der Waals surface area (Å²) in [6, 6.07) is 25.4. The van der Waals surface area contributed by atoms with Gasteiger partial charge < -0.3 is 19.5 Å². The molecule has 0 unspecified atom stereocenters. The number of ketones is 1. The minimum Gasteiger partial charge on any atom is -0.497 e. The summed E-state index contributed by atoms with van der Waals surface area (Å²) >= 11 is 0. The van der Waals surface area contributed by atoms with Crippen LogP contribution in [0, 0.1) is 0 Å². The number of carbonyl (C=O) groups is 2. The lowest BCUT2D eigenvalue weighted by Crippen LogP contribution is -2.36. The van der Waals surface area contributed by atoms with Gasteiger partial charge in [-0.1, -0.05) is 54.6 Å². The lowest BCUT2D eigenvalue weighted by Gasteiger charge is -2.36. The maximum absolute atomic E-state index is 13.8. The maximum Gasteiger partial charge on any atom is 0.336 e. The van der Waals surface area contributed by atoms with Crippen molar-refractivity contribution in [3.63, 3.8) is 0 Å². The van der Waals surface area contributed by atoms with Crippen LogP contribution in [0.3, 0.4) is 0 Å². The topological polar surface area (TPSA) is 73.9 Å². The molecule has 0 amide bonds. The van der Waals surface area contributed by atoms with Crippen LogP contribution in [-0.2, 0) is 20.7 Å². The van der Waals surface area contributed by atoms with Crippen molar-refractivity contribution in [1.82, 2.24) is 5.32 Å². The van der Waals surface area contributed by atoms with Crippen molar-refractivity contribution in [1.29, 1.82) is 0 Å². The molecule has 0 spiro atoms. The summed E-state index contributed by atoms with van der Waals surface area (Å²) in [7, 11) is 3.25. The highest BCUT2D eigenvalue weighted by Gasteiger charge is 2.41. The maximum atomic E-state index is 13.8. The average molecular weight is 524 g/mol. The minimum atomic E-state index is -0.513. The summed E-state index contributed by atoms with van der Waals surface area (Å²) in [5.41, 5.74) is 5.74. The molecule has 0 saturated heterocycles. The standard InChI is InChI=1S/C33H33NO5/c1-21-30(33(36)39-18-17-22-7-5-4-6-8-22)31(24-11-15-27(38-3)16-12-24)32-28(34-21)19-25(20-29(32)35)23-9-13-26(37-2)14-10-23/h4-16,25,31,34H,17-20H2,1-3H3/t25-,31+/m1/s1. The van der Waals surface area contributed by atoms with Crippen molar-refractivity contribution in [2.24, 2.45) is 0 Å². The molecule has 1 aliphatic heterocycles. The lowest BCUT2D eigenvalue weighted by molar-refractivity contribution is -0.139. The highest BCUT2D eigenvalue weighted by atomic mass is 16.5. The van der Waals surface area contributed by atoms with Crippen molar-refractivity contribution >= 4 is 11.8 Å². The van der Waals surface area contributed by atoms with E-state index in [9.17, 15) is 9.59 Å². The van der Waals surface area contributed by atoms with Crippen molar-refractivity contribution in [3.8, 4) is 11.5 Å². The summed E-state index contributed by atoms with van der Waals surface area (Å²) < 4.78 is 16.4. The number of carbonyl (C=O) groups excluding carboxylic acids is 2. The zero-order valence-corrected chi connectivity index (χ0v) is 22.5. The molecular formula is C33H33NO5. The van der Waals surface area contributed by atoms with Crippen LogP contribution >= 0.6 is 0 Å². The van der Waals surface area contributed by atoms with E-state index >= 15 is 0 Å². The van der Waals surface area contributed by atoms with Crippen LogP contribution in [-0.4, -0.2) is 32.6 Å². The average Bonchev–Trinajstić information content (AvgIpc) is 2.97. The molecule has 0 aromatic heterocycles. The Hall–Kier alpha value is -4.32. The Morgan fingerprint density at radius 1 is 0.846 bits per heavy atom. The molecule has 39 heavy (non-hydrogen) atoms. The van der Waals surface area contributed by atoms with E-state index < -0.39 is 11.9 Å². The van der Waals surface area contributed by atoms with Crippen LogP contribution in [0.25, 0.3) is 0 Å². The van der Waals surface area contributed by atoms with Gasteiger partial charge in [0.15, 0.2) is 5.78 Å². The monoisotopic (exact) mass is 523 g/mol. The zero-order valence-electron chi connectivity index (χ0n) is 22.5. The lowest BCUT2D eigenvalue weighted by atomic mass is 9.71. The minimum absolute atomic E-state index is 0.0347. The predicted octanol–water partition coefficient (Wildman–Crippen LogP) is 5.85. The Bertz CT molecular complexity index is 1400. The normalized spacial score (nSPS) is 18.8. The first-order chi connectivity index (χ1) is 19.0. The predicted molar refractivity (Wildman–Crippen MR) is 150 cm³/mol. The van der Waals surface area contributed by atoms with Gasteiger partial charge >= 0.3 is 5.97 Å². The second-order valence-corrected chi connectivity index (χ2v) is 9.94. The van der Waals surface area contributed by atoms with Crippen LogP contribution in [0.4, 0.5) is 0 Å². The van der Waals surface area contributed by atoms with Gasteiger partial charge in [-0.15, -0.1) is 0 Å². The van der Waals surface area contributed by atoms with Crippen LogP contribution in [0.2, 0.25) is 0 Å². The van der Waals surface area contributed by atoms with Gasteiger partial charge in [-0.05, 0) is 60.2 Å². The molecule has 1 aliphatic carbocycles. The third-order valence-corrected chi connectivity index (χ3v) is 7.55. The molecule has 0 bridgehead atoms. The van der Waals surface area contributed by atoms with Gasteiger partial charge in [-0.2, -0.15) is 0 Å². The number of rotatable bonds is 8. The highest BCUT2D eigenvalue weighted by Crippen LogP contribution is 2.46. The molecule has 1 heterocycles. The van der Waals surface area contributed by atoms with Crippen LogP contribution < -0.4 is 14.8 Å². The van der Waals surface area contributed by atoms with E-state index in [0.29, 0.717) is 41.9 Å². The number of methoxy groups -OCH3 is 2. The Labute approximate surface area is 229 Å². The third kappa shape index (κ3) is 5.60. The van der Waals surface area contributed by atoms with Crippen molar-refractivity contribution < 1.29 is 23.8 Å². The van der Waals surface area contributed by atoms with Gasteiger partial charge in [0.25, 0.3) is 0 Å². The summed E-state index contributed by atoms with van der Waals surface area (Å²) in [6.07, 6.45) is 1.67. The Kier molecular flexibility index (Phi) is 7.82. The molecule has 6 heteroatoms. The Balaban J connectivity index is 1.45. The number of hydrogen-bond acceptors (Lipinski definition) is 6. The molecule has 5 rings (SSSR count). The summed E-state index contributed by atoms with van der Waals surface area (Å²) in [4.78, 5) is 27.3. The molecule has 2 atom stereocenters. The van der Waals surface area contributed by atoms with Gasteiger partial charge in [0.2, 0.25) is 0 Å². The summed E-state index contributed by atoms with van der Waals surface area (Å²) in [5.74, 6) is 0.648. The molecule has 0 radical (unpaired) electrons. The van der Waals surface area contributed by atoms with E-state index in [0.717, 1.165) is 28.1 Å². The van der Waals surface area contributed by atoms with Gasteiger partial charge in [0.05, 0.1) is 26.4 Å². The molecule has 3 aromatic carbocycles. The van der Waals surface area contributed by atoms with Crippen LogP contribution in [0.1, 0.15) is 48.3 Å². The smallest absolute Gasteiger partial charge is 0.336 e. The summed E-state index contributed by atoms with van der Waals surface area (Å²) in [6.45, 7) is 2.14. The Morgan fingerprint density at radius 3 is 2.08 bits per heavy atom. The quantitative estimate of drug-likeness (QED) is 0.374. The second-order valence-electron chi connectivity index (χ2n) is 9.94. The largest absolute Gasteiger partial charge is 0.497 e. The number of esters is 1. The van der Waals surface area contributed by atoms with Crippen molar-refractivity contribution in [2.45, 2.75) is 38.0 Å². The van der Waals surface area contributed by atoms with E-state index in [-0.39, 0.29) is 18.3 Å². The number of hydrogen-bond donors (Lipinski definition) is 1. The van der Waals surface area contributed by atoms with Crippen LogP contribution in [0.5, 0.6) is 11.5 Å². The van der Waals surface area contributed by atoms with E-state index in [1.165, 1.54) is 0 Å². The second kappa shape index (κ2) is 11.6. The molecule has 0 saturated carbocycles. The Morgan fingerprint density at radius 2 is 1.46 bits per heavy atom. The number of ether oxygens (including phenoxy) is 3. The fraction of sp³-hybridized carbons (Fsp3) is 0.273. The highest BCUT2D eigenvalue weighted by molar-refractivity contribution is 6.04. The van der Waals surface area contributed by atoms with E-state index in [4.69, 9.17) is 14.2 Å². The van der Waals surface area contributed by atoms with Crippen LogP contribution in [0.15, 0.2) is 101 Å². The molecule has 2 aliphatic rings. The van der Waals surface area contributed by atoms with E-state index in [2.05, 4.69) is 5.32 Å². The molecule has 1 N–H and O–H groups in total. The number of nitrogens with one attached hydrogen (secondary N) is 1. The fourth-order valence-corrected chi connectivity index (χ4v) is 5.54. The number of Topliss-reactive ketones (excluding diaryl/α,β-unsaturated/α-hetero) is 1. The van der Waals surface area contributed by atoms with Gasteiger partial charge in [-0.25, -0.2) is 4.79 Å². The first-order valence-electron chi connectivity index (χ1n) is 13.2. The van der Waals surface area contributed by atoms with E-state index in [1.54, 1.807) is 14.2 Å².